The Kier molecular flexibility index (Phi) is 4.46. The van der Waals surface area contributed by atoms with E-state index in [-0.39, 0.29) is 23.3 Å². The van der Waals surface area contributed by atoms with Gasteiger partial charge in [0.1, 0.15) is 0 Å². The quantitative estimate of drug-likeness (QED) is 0.347. The molecule has 0 bridgehead atoms. The third-order valence-electron chi connectivity index (χ3n) is 2.77. The molecular formula is C12H15F3N6O3S. The Hall–Kier alpha value is -2.70. The molecule has 25 heavy (non-hydrogen) atoms. The van der Waals surface area contributed by atoms with Crippen LogP contribution in [-0.4, -0.2) is 31.5 Å². The van der Waals surface area contributed by atoms with Gasteiger partial charge in [0.25, 0.3) is 0 Å². The van der Waals surface area contributed by atoms with E-state index in [0.717, 1.165) is 6.07 Å². The molecule has 0 unspecified atom stereocenters. The molecule has 138 valence electrons. The van der Waals surface area contributed by atoms with E-state index >= 15 is 0 Å². The molecule has 0 spiro atoms. The van der Waals surface area contributed by atoms with Gasteiger partial charge in [-0.25, -0.2) is 9.98 Å². The molecule has 1 heterocycles. The molecule has 6 N–H and O–H groups in total. The second-order valence-corrected chi connectivity index (χ2v) is 6.98. The van der Waals surface area contributed by atoms with E-state index in [1.165, 1.54) is 12.1 Å². The van der Waals surface area contributed by atoms with Crippen LogP contribution in [0.3, 0.4) is 0 Å². The van der Waals surface area contributed by atoms with Gasteiger partial charge in [-0.3, -0.25) is 5.32 Å². The molecule has 0 fully saturated rings. The minimum Gasteiger partial charge on any atom is -0.399 e. The van der Waals surface area contributed by atoms with Crippen LogP contribution in [-0.2, 0) is 10.1 Å². The Balaban J connectivity index is 2.36. The minimum atomic E-state index is -5.85. The van der Waals surface area contributed by atoms with Crippen molar-refractivity contribution in [1.82, 2.24) is 5.32 Å². The molecule has 0 aromatic heterocycles. The summed E-state index contributed by atoms with van der Waals surface area (Å²) < 4.78 is 64.1. The van der Waals surface area contributed by atoms with Gasteiger partial charge >= 0.3 is 15.6 Å². The third kappa shape index (κ3) is 4.43. The fourth-order valence-electron chi connectivity index (χ4n) is 1.84. The zero-order chi connectivity index (χ0) is 19.0. The minimum absolute atomic E-state index is 0.0109. The van der Waals surface area contributed by atoms with E-state index in [2.05, 4.69) is 24.8 Å². The highest BCUT2D eigenvalue weighted by Crippen LogP contribution is 2.33. The summed E-state index contributed by atoms with van der Waals surface area (Å²) in [5.74, 6) is -0.580. The van der Waals surface area contributed by atoms with Crippen LogP contribution >= 0.6 is 0 Å². The van der Waals surface area contributed by atoms with E-state index < -0.39 is 27.0 Å². The maximum Gasteiger partial charge on any atom is 0.534 e. The summed E-state index contributed by atoms with van der Waals surface area (Å²) in [6, 6.07) is 3.34. The maximum absolute atomic E-state index is 12.5. The number of halogens is 3. The Morgan fingerprint density at radius 3 is 2.44 bits per heavy atom. The number of nitrogens with two attached hydrogens (primary N) is 2. The molecule has 1 aliphatic heterocycles. The van der Waals surface area contributed by atoms with Gasteiger partial charge in [-0.2, -0.15) is 21.6 Å². The molecule has 1 aliphatic rings. The molecule has 9 nitrogen and oxygen atoms in total. The standard InChI is InChI=1S/C12H15F3N6O3S/c1-11(2)20-9(17)19-10(21-11)18-7-5-6(16)3-4-8(7)24-25(22,23)12(13,14)15/h3-5H,16H2,1-2H3,(H4,17,18,19,20,21). The van der Waals surface area contributed by atoms with Crippen LogP contribution in [0.4, 0.5) is 24.5 Å². The Labute approximate surface area is 141 Å². The number of nitrogens with one attached hydrogen (secondary N) is 2. The van der Waals surface area contributed by atoms with Crippen molar-refractivity contribution in [3.63, 3.8) is 0 Å². The lowest BCUT2D eigenvalue weighted by Crippen LogP contribution is -2.47. The number of hydrogen-bond acceptors (Lipinski definition) is 9. The van der Waals surface area contributed by atoms with Crippen LogP contribution in [0.2, 0.25) is 0 Å². The van der Waals surface area contributed by atoms with Gasteiger partial charge in [0.2, 0.25) is 5.96 Å². The molecule has 0 aliphatic carbocycles. The number of hydrogen-bond donors (Lipinski definition) is 4. The zero-order valence-corrected chi connectivity index (χ0v) is 13.9. The number of guanidine groups is 2. The fraction of sp³-hybridized carbons (Fsp3) is 0.333. The molecular weight excluding hydrogens is 365 g/mol. The highest BCUT2D eigenvalue weighted by Gasteiger charge is 2.48. The first-order chi connectivity index (χ1) is 11.3. The zero-order valence-electron chi connectivity index (χ0n) is 13.0. The Morgan fingerprint density at radius 2 is 1.88 bits per heavy atom. The summed E-state index contributed by atoms with van der Waals surface area (Å²) in [5.41, 5.74) is 4.66. The number of nitrogens with zero attached hydrogens (tertiary/aromatic N) is 2. The molecule has 0 amide bonds. The van der Waals surface area contributed by atoms with E-state index in [0.29, 0.717) is 0 Å². The van der Waals surface area contributed by atoms with Gasteiger partial charge in [0, 0.05) is 5.69 Å². The first-order valence-electron chi connectivity index (χ1n) is 6.69. The number of rotatable bonds is 3. The molecule has 0 saturated carbocycles. The first kappa shape index (κ1) is 18.6. The summed E-state index contributed by atoms with van der Waals surface area (Å²) in [7, 11) is -5.85. The van der Waals surface area contributed by atoms with Crippen LogP contribution in [0.25, 0.3) is 0 Å². The average Bonchev–Trinajstić information content (AvgIpc) is 2.38. The number of aliphatic imine (C=N–C) groups is 2. The van der Waals surface area contributed by atoms with Gasteiger partial charge in [0.15, 0.2) is 17.4 Å². The lowest BCUT2D eigenvalue weighted by Gasteiger charge is -2.25. The van der Waals surface area contributed by atoms with Crippen molar-refractivity contribution in [2.45, 2.75) is 25.0 Å². The smallest absolute Gasteiger partial charge is 0.399 e. The van der Waals surface area contributed by atoms with E-state index in [1.54, 1.807) is 13.8 Å². The molecule has 0 saturated heterocycles. The molecule has 1 aromatic rings. The highest BCUT2D eigenvalue weighted by molar-refractivity contribution is 7.88. The first-order valence-corrected chi connectivity index (χ1v) is 8.09. The number of anilines is 2. The van der Waals surface area contributed by atoms with Gasteiger partial charge in [0.05, 0.1) is 5.69 Å². The average molecular weight is 380 g/mol. The second-order valence-electron chi connectivity index (χ2n) is 5.44. The number of nitrogen functional groups attached to an aromatic ring is 1. The predicted molar refractivity (Wildman–Crippen MR) is 86.4 cm³/mol. The summed E-state index contributed by atoms with van der Waals surface area (Å²) in [5, 5.41) is 5.15. The predicted octanol–water partition coefficient (Wildman–Crippen LogP) is 0.919. The topological polar surface area (TPSA) is 144 Å². The van der Waals surface area contributed by atoms with Crippen molar-refractivity contribution < 1.29 is 25.8 Å². The fourth-order valence-corrected chi connectivity index (χ4v) is 2.32. The van der Waals surface area contributed by atoms with Crippen molar-refractivity contribution in [2.24, 2.45) is 15.7 Å². The summed E-state index contributed by atoms with van der Waals surface area (Å²) in [6.45, 7) is 3.26. The summed E-state index contributed by atoms with van der Waals surface area (Å²) >= 11 is 0. The third-order valence-corrected chi connectivity index (χ3v) is 3.73. The van der Waals surface area contributed by atoms with Crippen LogP contribution in [0.1, 0.15) is 13.8 Å². The largest absolute Gasteiger partial charge is 0.534 e. The van der Waals surface area contributed by atoms with Crippen molar-refractivity contribution in [1.29, 1.82) is 0 Å². The molecule has 2 rings (SSSR count). The Bertz CT molecular complexity index is 848. The lowest BCUT2D eigenvalue weighted by atomic mass is 10.2. The van der Waals surface area contributed by atoms with Crippen molar-refractivity contribution >= 4 is 33.4 Å². The van der Waals surface area contributed by atoms with Gasteiger partial charge in [-0.05, 0) is 32.0 Å². The highest BCUT2D eigenvalue weighted by atomic mass is 32.2. The number of benzene rings is 1. The van der Waals surface area contributed by atoms with Crippen LogP contribution in [0.15, 0.2) is 28.2 Å². The van der Waals surface area contributed by atoms with Gasteiger partial charge < -0.3 is 21.0 Å². The van der Waals surface area contributed by atoms with Crippen LogP contribution in [0, 0.1) is 0 Å². The van der Waals surface area contributed by atoms with E-state index in [4.69, 9.17) is 11.5 Å². The summed E-state index contributed by atoms with van der Waals surface area (Å²) in [4.78, 5) is 8.13. The van der Waals surface area contributed by atoms with Crippen LogP contribution in [0.5, 0.6) is 5.75 Å². The normalized spacial score (nSPS) is 17.2. The van der Waals surface area contributed by atoms with Crippen LogP contribution < -0.4 is 26.3 Å². The van der Waals surface area contributed by atoms with Crippen molar-refractivity contribution in [3.8, 4) is 5.75 Å². The van der Waals surface area contributed by atoms with E-state index in [1.807, 2.05) is 0 Å². The monoisotopic (exact) mass is 380 g/mol. The molecule has 13 heteroatoms. The van der Waals surface area contributed by atoms with Crippen molar-refractivity contribution in [3.05, 3.63) is 18.2 Å². The SMILES string of the molecule is CC1(C)N=C(N)NC(Nc2cc(N)ccc2OS(=O)(=O)C(F)(F)F)=N1. The Morgan fingerprint density at radius 1 is 1.24 bits per heavy atom. The molecule has 1 aromatic carbocycles. The molecule has 0 atom stereocenters. The van der Waals surface area contributed by atoms with E-state index in [9.17, 15) is 21.6 Å². The summed E-state index contributed by atoms with van der Waals surface area (Å²) in [6.07, 6.45) is 0. The second kappa shape index (κ2) is 5.98. The lowest BCUT2D eigenvalue weighted by molar-refractivity contribution is -0.0499. The van der Waals surface area contributed by atoms with Gasteiger partial charge in [-0.1, -0.05) is 0 Å². The maximum atomic E-state index is 12.5. The number of alkyl halides is 3. The van der Waals surface area contributed by atoms with Gasteiger partial charge in [-0.15, -0.1) is 0 Å². The van der Waals surface area contributed by atoms with Crippen molar-refractivity contribution in [2.75, 3.05) is 11.1 Å². The molecule has 0 radical (unpaired) electrons.